The maximum atomic E-state index is 13.4. The Bertz CT molecular complexity index is 716. The maximum Gasteiger partial charge on any atom is 0.254 e. The molecule has 1 saturated heterocycles. The van der Waals surface area contributed by atoms with E-state index in [-0.39, 0.29) is 17.9 Å². The van der Waals surface area contributed by atoms with Crippen LogP contribution in [0.4, 0.5) is 4.39 Å². The number of rotatable bonds is 3. The van der Waals surface area contributed by atoms with Gasteiger partial charge in [0.2, 0.25) is 11.8 Å². The summed E-state index contributed by atoms with van der Waals surface area (Å²) in [4.78, 5) is 22.6. The molecule has 2 aromatic heterocycles. The fourth-order valence-electron chi connectivity index (χ4n) is 2.94. The molecule has 0 aliphatic carbocycles. The normalized spacial score (nSPS) is 18.7. The highest BCUT2D eigenvalue weighted by molar-refractivity contribution is 5.94. The molecular weight excluding hydrogens is 311 g/mol. The summed E-state index contributed by atoms with van der Waals surface area (Å²) >= 11 is 0. The Labute approximate surface area is 140 Å². The lowest BCUT2D eigenvalue weighted by Gasteiger charge is -2.27. The SMILES string of the molecule is CC(C)c1nc([C@@H]2CCCCCN2C(=O)c2ccnc(F)c2)no1. The molecule has 7 heteroatoms. The number of amides is 1. The topological polar surface area (TPSA) is 72.1 Å². The van der Waals surface area contributed by atoms with E-state index in [4.69, 9.17) is 4.52 Å². The number of likely N-dealkylation sites (tertiary alicyclic amines) is 1. The van der Waals surface area contributed by atoms with Gasteiger partial charge in [-0.2, -0.15) is 9.37 Å². The summed E-state index contributed by atoms with van der Waals surface area (Å²) in [6.45, 7) is 4.55. The van der Waals surface area contributed by atoms with E-state index in [1.165, 1.54) is 18.3 Å². The van der Waals surface area contributed by atoms with E-state index in [1.807, 2.05) is 13.8 Å². The van der Waals surface area contributed by atoms with Gasteiger partial charge in [0.1, 0.15) is 0 Å². The summed E-state index contributed by atoms with van der Waals surface area (Å²) in [6.07, 6.45) is 5.02. The van der Waals surface area contributed by atoms with E-state index in [0.29, 0.717) is 23.8 Å². The smallest absolute Gasteiger partial charge is 0.254 e. The van der Waals surface area contributed by atoms with Crippen molar-refractivity contribution in [1.29, 1.82) is 0 Å². The Morgan fingerprint density at radius 2 is 2.21 bits per heavy atom. The lowest BCUT2D eigenvalue weighted by atomic mass is 10.1. The summed E-state index contributed by atoms with van der Waals surface area (Å²) < 4.78 is 18.7. The molecule has 1 amide bonds. The predicted octanol–water partition coefficient (Wildman–Crippen LogP) is 3.48. The van der Waals surface area contributed by atoms with E-state index in [1.54, 1.807) is 4.90 Å². The van der Waals surface area contributed by atoms with Crippen molar-refractivity contribution < 1.29 is 13.7 Å². The van der Waals surface area contributed by atoms with Gasteiger partial charge in [0.25, 0.3) is 5.91 Å². The molecule has 0 saturated carbocycles. The van der Waals surface area contributed by atoms with Crippen molar-refractivity contribution >= 4 is 5.91 Å². The van der Waals surface area contributed by atoms with Crippen LogP contribution in [0.5, 0.6) is 0 Å². The van der Waals surface area contributed by atoms with Gasteiger partial charge in [-0.05, 0) is 18.9 Å². The van der Waals surface area contributed by atoms with Crippen LogP contribution in [0, 0.1) is 5.95 Å². The average molecular weight is 332 g/mol. The standard InChI is InChI=1S/C17H21FN4O2/c1-11(2)16-20-15(21-24-16)13-6-4-3-5-9-22(13)17(23)12-7-8-19-14(18)10-12/h7-8,10-11,13H,3-6,9H2,1-2H3/t13-/m0/s1. The Kier molecular flexibility index (Phi) is 4.87. The summed E-state index contributed by atoms with van der Waals surface area (Å²) in [5.74, 6) is 0.350. The number of nitrogens with zero attached hydrogens (tertiary/aromatic N) is 4. The molecule has 3 heterocycles. The minimum atomic E-state index is -0.658. The molecule has 1 aliphatic rings. The molecule has 1 aliphatic heterocycles. The van der Waals surface area contributed by atoms with Crippen molar-refractivity contribution in [3.8, 4) is 0 Å². The summed E-state index contributed by atoms with van der Waals surface area (Å²) in [7, 11) is 0. The number of carbonyl (C=O) groups excluding carboxylic acids is 1. The van der Waals surface area contributed by atoms with Gasteiger partial charge < -0.3 is 9.42 Å². The molecule has 2 aromatic rings. The Balaban J connectivity index is 1.90. The number of hydrogen-bond donors (Lipinski definition) is 0. The molecule has 0 spiro atoms. The first-order valence-electron chi connectivity index (χ1n) is 8.32. The van der Waals surface area contributed by atoms with Gasteiger partial charge in [-0.1, -0.05) is 31.8 Å². The molecule has 1 atom stereocenters. The van der Waals surface area contributed by atoms with Crippen LogP contribution in [0.1, 0.15) is 73.6 Å². The molecule has 0 unspecified atom stereocenters. The Morgan fingerprint density at radius 3 is 2.92 bits per heavy atom. The molecule has 3 rings (SSSR count). The van der Waals surface area contributed by atoms with E-state index >= 15 is 0 Å². The van der Waals surface area contributed by atoms with Gasteiger partial charge >= 0.3 is 0 Å². The van der Waals surface area contributed by atoms with Crippen molar-refractivity contribution in [3.63, 3.8) is 0 Å². The molecule has 0 aromatic carbocycles. The van der Waals surface area contributed by atoms with Crippen molar-refractivity contribution in [1.82, 2.24) is 20.0 Å². The molecule has 128 valence electrons. The summed E-state index contributed by atoms with van der Waals surface area (Å²) in [5, 5.41) is 4.08. The van der Waals surface area contributed by atoms with Crippen LogP contribution in [-0.4, -0.2) is 32.5 Å². The van der Waals surface area contributed by atoms with Crippen LogP contribution < -0.4 is 0 Å². The highest BCUT2D eigenvalue weighted by Gasteiger charge is 2.31. The third-order valence-corrected chi connectivity index (χ3v) is 4.24. The van der Waals surface area contributed by atoms with Gasteiger partial charge in [-0.25, -0.2) is 4.98 Å². The molecule has 0 bridgehead atoms. The zero-order valence-corrected chi connectivity index (χ0v) is 13.9. The van der Waals surface area contributed by atoms with E-state index in [9.17, 15) is 9.18 Å². The maximum absolute atomic E-state index is 13.4. The summed E-state index contributed by atoms with van der Waals surface area (Å²) in [6, 6.07) is 2.45. The molecule has 1 fully saturated rings. The van der Waals surface area contributed by atoms with Crippen LogP contribution in [0.2, 0.25) is 0 Å². The second kappa shape index (κ2) is 7.07. The lowest BCUT2D eigenvalue weighted by molar-refractivity contribution is 0.0669. The van der Waals surface area contributed by atoms with Crippen LogP contribution in [0.15, 0.2) is 22.9 Å². The van der Waals surface area contributed by atoms with Crippen molar-refractivity contribution in [3.05, 3.63) is 41.6 Å². The summed E-state index contributed by atoms with van der Waals surface area (Å²) in [5.41, 5.74) is 0.293. The minimum Gasteiger partial charge on any atom is -0.339 e. The predicted molar refractivity (Wildman–Crippen MR) is 84.8 cm³/mol. The Morgan fingerprint density at radius 1 is 1.38 bits per heavy atom. The number of pyridine rings is 1. The van der Waals surface area contributed by atoms with Gasteiger partial charge in [-0.3, -0.25) is 4.79 Å². The van der Waals surface area contributed by atoms with Gasteiger partial charge in [0, 0.05) is 30.3 Å². The first kappa shape index (κ1) is 16.5. The second-order valence-corrected chi connectivity index (χ2v) is 6.38. The highest BCUT2D eigenvalue weighted by Crippen LogP contribution is 2.30. The fraction of sp³-hybridized carbons (Fsp3) is 0.529. The Hall–Kier alpha value is -2.31. The first-order valence-corrected chi connectivity index (χ1v) is 8.32. The van der Waals surface area contributed by atoms with Crippen molar-refractivity contribution in [2.45, 2.75) is 51.5 Å². The third-order valence-electron chi connectivity index (χ3n) is 4.24. The zero-order valence-electron chi connectivity index (χ0n) is 13.9. The average Bonchev–Trinajstić information content (AvgIpc) is 2.93. The van der Waals surface area contributed by atoms with Gasteiger partial charge in [0.15, 0.2) is 5.82 Å². The highest BCUT2D eigenvalue weighted by atomic mass is 19.1. The number of aromatic nitrogens is 3. The van der Waals surface area contributed by atoms with E-state index < -0.39 is 5.95 Å². The van der Waals surface area contributed by atoms with Crippen molar-refractivity contribution in [2.75, 3.05) is 6.54 Å². The molecule has 6 nitrogen and oxygen atoms in total. The number of halogens is 1. The number of carbonyl (C=O) groups is 1. The quantitative estimate of drug-likeness (QED) is 0.805. The second-order valence-electron chi connectivity index (χ2n) is 6.38. The van der Waals surface area contributed by atoms with Gasteiger partial charge in [-0.15, -0.1) is 0 Å². The number of hydrogen-bond acceptors (Lipinski definition) is 5. The lowest BCUT2D eigenvalue weighted by Crippen LogP contribution is -2.35. The fourth-order valence-corrected chi connectivity index (χ4v) is 2.94. The molecule has 24 heavy (non-hydrogen) atoms. The largest absolute Gasteiger partial charge is 0.339 e. The zero-order chi connectivity index (χ0) is 17.1. The van der Waals surface area contributed by atoms with Crippen LogP contribution in [0.3, 0.4) is 0 Å². The van der Waals surface area contributed by atoms with Crippen LogP contribution in [-0.2, 0) is 0 Å². The van der Waals surface area contributed by atoms with E-state index in [0.717, 1.165) is 25.7 Å². The van der Waals surface area contributed by atoms with E-state index in [2.05, 4.69) is 15.1 Å². The minimum absolute atomic E-state index is 0.135. The molecular formula is C17H21FN4O2. The third kappa shape index (κ3) is 3.44. The molecule has 0 N–H and O–H groups in total. The van der Waals surface area contributed by atoms with Crippen molar-refractivity contribution in [2.24, 2.45) is 0 Å². The molecule has 0 radical (unpaired) electrons. The van der Waals surface area contributed by atoms with Crippen LogP contribution in [0.25, 0.3) is 0 Å². The monoisotopic (exact) mass is 332 g/mol. The van der Waals surface area contributed by atoms with Crippen LogP contribution >= 0.6 is 0 Å². The first-order chi connectivity index (χ1) is 11.6. The van der Waals surface area contributed by atoms with Gasteiger partial charge in [0.05, 0.1) is 6.04 Å².